The van der Waals surface area contributed by atoms with Crippen molar-refractivity contribution in [2.45, 2.75) is 46.7 Å². The first-order valence-corrected chi connectivity index (χ1v) is 12.8. The third-order valence-corrected chi connectivity index (χ3v) is 6.93. The molecule has 4 rings (SSSR count). The number of aromatic nitrogens is 5. The van der Waals surface area contributed by atoms with Crippen LogP contribution in [0.1, 0.15) is 46.7 Å². The summed E-state index contributed by atoms with van der Waals surface area (Å²) in [4.78, 5) is 18.3. The molecule has 10 heteroatoms. The lowest BCUT2D eigenvalue weighted by Gasteiger charge is -2.18. The minimum Gasteiger partial charge on any atom is -0.344 e. The maximum Gasteiger partial charge on any atom is 0.232 e. The molecule has 0 saturated carbocycles. The van der Waals surface area contributed by atoms with Crippen LogP contribution in [-0.4, -0.2) is 38.5 Å². The molecule has 0 saturated heterocycles. The Labute approximate surface area is 198 Å². The molecule has 0 aliphatic carbocycles. The van der Waals surface area contributed by atoms with Crippen molar-refractivity contribution in [1.29, 1.82) is 0 Å². The summed E-state index contributed by atoms with van der Waals surface area (Å²) in [5.74, 6) is 0.567. The van der Waals surface area contributed by atoms with Crippen LogP contribution in [0.2, 0.25) is 0 Å². The van der Waals surface area contributed by atoms with Crippen molar-refractivity contribution < 1.29 is 8.42 Å². The summed E-state index contributed by atoms with van der Waals surface area (Å²) in [7, 11) is -3.47. The number of sulfonamides is 1. The molecule has 0 radical (unpaired) electrons. The number of pyridine rings is 2. The summed E-state index contributed by atoms with van der Waals surface area (Å²) in [5, 5.41) is 8.65. The van der Waals surface area contributed by atoms with Gasteiger partial charge in [-0.05, 0) is 65.0 Å². The van der Waals surface area contributed by atoms with Crippen molar-refractivity contribution in [3.63, 3.8) is 0 Å². The van der Waals surface area contributed by atoms with Crippen molar-refractivity contribution in [1.82, 2.24) is 24.3 Å². The lowest BCUT2D eigenvalue weighted by molar-refractivity contribution is 0.602. The summed E-state index contributed by atoms with van der Waals surface area (Å²) >= 11 is 0. The zero-order valence-electron chi connectivity index (χ0n) is 19.8. The van der Waals surface area contributed by atoms with Gasteiger partial charge in [-0.2, -0.15) is 0 Å². The van der Waals surface area contributed by atoms with Crippen LogP contribution in [0.4, 0.5) is 5.69 Å². The number of nitrogens with zero attached hydrogens (tertiary/aromatic N) is 5. The number of rotatable bonds is 7. The fourth-order valence-electron chi connectivity index (χ4n) is 3.79. The van der Waals surface area contributed by atoms with E-state index in [4.69, 9.17) is 4.98 Å². The highest BCUT2D eigenvalue weighted by molar-refractivity contribution is 7.92. The number of anilines is 1. The summed E-state index contributed by atoms with van der Waals surface area (Å²) in [6, 6.07) is 10.7. The maximum absolute atomic E-state index is 13.6. The van der Waals surface area contributed by atoms with Crippen molar-refractivity contribution in [3.05, 3.63) is 59.1 Å². The van der Waals surface area contributed by atoms with E-state index in [-0.39, 0.29) is 23.3 Å². The second kappa shape index (κ2) is 9.02. The molecule has 0 unspecified atom stereocenters. The zero-order valence-corrected chi connectivity index (χ0v) is 20.7. The highest BCUT2D eigenvalue weighted by atomic mass is 32.2. The molecule has 3 aromatic heterocycles. The quantitative estimate of drug-likeness (QED) is 0.423. The molecule has 0 amide bonds. The topological polar surface area (TPSA) is 112 Å². The summed E-state index contributed by atoms with van der Waals surface area (Å²) in [5.41, 5.74) is 2.40. The Balaban J connectivity index is 1.91. The minimum atomic E-state index is -3.47. The standard InChI is InChI=1S/C24H28N6O3S/c1-6-34(32,33)28-17-10-11-22-18(12-17)23(31)19(13-29(22)15(2)3)20-8-7-9-21(26-20)24-27-25-14-30(24)16(4)5/h7-16,28H,6H2,1-5H3. The van der Waals surface area contributed by atoms with Gasteiger partial charge in [0.2, 0.25) is 10.0 Å². The Morgan fingerprint density at radius 3 is 2.38 bits per heavy atom. The third-order valence-electron chi connectivity index (χ3n) is 5.63. The van der Waals surface area contributed by atoms with E-state index < -0.39 is 10.0 Å². The molecule has 1 N–H and O–H groups in total. The first-order valence-electron chi connectivity index (χ1n) is 11.2. The molecular weight excluding hydrogens is 452 g/mol. The molecule has 0 aliphatic rings. The third kappa shape index (κ3) is 4.45. The molecule has 0 aliphatic heterocycles. The van der Waals surface area contributed by atoms with Gasteiger partial charge in [0.1, 0.15) is 12.0 Å². The monoisotopic (exact) mass is 480 g/mol. The predicted molar refractivity (Wildman–Crippen MR) is 134 cm³/mol. The van der Waals surface area contributed by atoms with Crippen LogP contribution < -0.4 is 10.2 Å². The van der Waals surface area contributed by atoms with Gasteiger partial charge in [-0.1, -0.05) is 6.07 Å². The van der Waals surface area contributed by atoms with Gasteiger partial charge < -0.3 is 9.13 Å². The maximum atomic E-state index is 13.6. The van der Waals surface area contributed by atoms with Crippen LogP contribution in [0.5, 0.6) is 0 Å². The Morgan fingerprint density at radius 2 is 1.71 bits per heavy atom. The van der Waals surface area contributed by atoms with Gasteiger partial charge in [0.25, 0.3) is 0 Å². The molecule has 0 spiro atoms. The van der Waals surface area contributed by atoms with Gasteiger partial charge in [-0.25, -0.2) is 13.4 Å². The van der Waals surface area contributed by atoms with Crippen molar-refractivity contribution in [3.8, 4) is 22.8 Å². The van der Waals surface area contributed by atoms with Crippen molar-refractivity contribution in [2.75, 3.05) is 10.5 Å². The fourth-order valence-corrected chi connectivity index (χ4v) is 4.42. The van der Waals surface area contributed by atoms with Crippen LogP contribution in [0, 0.1) is 0 Å². The molecule has 4 aromatic rings. The van der Waals surface area contributed by atoms with Gasteiger partial charge in [-0.15, -0.1) is 10.2 Å². The molecular formula is C24H28N6O3S. The van der Waals surface area contributed by atoms with Gasteiger partial charge in [0.05, 0.1) is 22.5 Å². The lowest BCUT2D eigenvalue weighted by atomic mass is 10.1. The molecule has 0 atom stereocenters. The first-order chi connectivity index (χ1) is 16.1. The average molecular weight is 481 g/mol. The highest BCUT2D eigenvalue weighted by Gasteiger charge is 2.17. The first kappa shape index (κ1) is 23.6. The summed E-state index contributed by atoms with van der Waals surface area (Å²) in [6.07, 6.45) is 3.47. The lowest BCUT2D eigenvalue weighted by Crippen LogP contribution is -2.17. The van der Waals surface area contributed by atoms with E-state index in [1.165, 1.54) is 0 Å². The fraction of sp³-hybridized carbons (Fsp3) is 0.333. The Hall–Kier alpha value is -3.53. The van der Waals surface area contributed by atoms with Gasteiger partial charge >= 0.3 is 0 Å². The molecule has 0 bridgehead atoms. The second-order valence-corrected chi connectivity index (χ2v) is 10.7. The van der Waals surface area contributed by atoms with Crippen LogP contribution in [0.3, 0.4) is 0 Å². The van der Waals surface area contributed by atoms with Crippen LogP contribution >= 0.6 is 0 Å². The van der Waals surface area contributed by atoms with E-state index in [0.29, 0.717) is 33.8 Å². The Kier molecular flexibility index (Phi) is 6.26. The van der Waals surface area contributed by atoms with Gasteiger partial charge in [-0.3, -0.25) is 9.52 Å². The summed E-state index contributed by atoms with van der Waals surface area (Å²) in [6.45, 7) is 9.68. The average Bonchev–Trinajstić information content (AvgIpc) is 3.30. The van der Waals surface area contributed by atoms with E-state index in [1.807, 2.05) is 55.2 Å². The molecule has 9 nitrogen and oxygen atoms in total. The molecule has 178 valence electrons. The number of hydrogen-bond donors (Lipinski definition) is 1. The van der Waals surface area contributed by atoms with Crippen LogP contribution in [-0.2, 0) is 10.0 Å². The molecule has 1 aromatic carbocycles. The second-order valence-electron chi connectivity index (χ2n) is 8.67. The summed E-state index contributed by atoms with van der Waals surface area (Å²) < 4.78 is 30.6. The van der Waals surface area contributed by atoms with E-state index in [1.54, 1.807) is 37.5 Å². The molecule has 3 heterocycles. The number of nitrogens with one attached hydrogen (secondary N) is 1. The van der Waals surface area contributed by atoms with Gasteiger partial charge in [0.15, 0.2) is 11.3 Å². The SMILES string of the molecule is CCS(=O)(=O)Nc1ccc2c(c1)c(=O)c(-c1cccc(-c3nncn3C(C)C)n1)cn2C(C)C. The Bertz CT molecular complexity index is 1520. The smallest absolute Gasteiger partial charge is 0.232 e. The van der Waals surface area contributed by atoms with Crippen molar-refractivity contribution >= 4 is 26.6 Å². The predicted octanol–water partition coefficient (Wildman–Crippen LogP) is 4.25. The van der Waals surface area contributed by atoms with E-state index in [2.05, 4.69) is 14.9 Å². The number of hydrogen-bond acceptors (Lipinski definition) is 6. The van der Waals surface area contributed by atoms with Crippen LogP contribution in [0.25, 0.3) is 33.7 Å². The number of fused-ring (bicyclic) bond motifs is 1. The largest absolute Gasteiger partial charge is 0.344 e. The van der Waals surface area contributed by atoms with E-state index in [9.17, 15) is 13.2 Å². The molecule has 0 fully saturated rings. The van der Waals surface area contributed by atoms with Crippen molar-refractivity contribution in [2.24, 2.45) is 0 Å². The Morgan fingerprint density at radius 1 is 1.00 bits per heavy atom. The zero-order chi connectivity index (χ0) is 24.6. The van der Waals surface area contributed by atoms with Crippen LogP contribution in [0.15, 0.2) is 53.7 Å². The highest BCUT2D eigenvalue weighted by Crippen LogP contribution is 2.26. The normalized spacial score (nSPS) is 12.1. The van der Waals surface area contributed by atoms with Gasteiger partial charge in [0, 0.05) is 29.4 Å². The van der Waals surface area contributed by atoms with E-state index in [0.717, 1.165) is 5.52 Å². The van der Waals surface area contributed by atoms with E-state index >= 15 is 0 Å². The minimum absolute atomic E-state index is 0.0565. The number of benzene rings is 1. The molecule has 34 heavy (non-hydrogen) atoms.